The molecule has 5 heteroatoms. The van der Waals surface area contributed by atoms with Crippen LogP contribution < -0.4 is 0 Å². The molecule has 154 valence electrons. The summed E-state index contributed by atoms with van der Waals surface area (Å²) in [6, 6.07) is 27.1. The molecule has 0 N–H and O–H groups in total. The number of nitriles is 1. The van der Waals surface area contributed by atoms with Gasteiger partial charge in [-0.3, -0.25) is 9.69 Å². The van der Waals surface area contributed by atoms with Crippen molar-refractivity contribution in [2.45, 2.75) is 31.3 Å². The average molecular weight is 409 g/mol. The Bertz CT molecular complexity index is 1180. The summed E-state index contributed by atoms with van der Waals surface area (Å²) in [4.78, 5) is 15.3. The lowest BCUT2D eigenvalue weighted by molar-refractivity contribution is -0.134. The zero-order chi connectivity index (χ0) is 21.2. The first-order valence-corrected chi connectivity index (χ1v) is 10.8. The van der Waals surface area contributed by atoms with E-state index >= 15 is 0 Å². The van der Waals surface area contributed by atoms with E-state index in [4.69, 9.17) is 10.4 Å². The number of hydrogen-bond donors (Lipinski definition) is 0. The molecule has 5 nitrogen and oxygen atoms in total. The minimum atomic E-state index is -0.127. The number of fused-ring (bicyclic) bond motifs is 1. The molecule has 1 unspecified atom stereocenters. The van der Waals surface area contributed by atoms with E-state index < -0.39 is 0 Å². The molecule has 2 aliphatic rings. The van der Waals surface area contributed by atoms with Gasteiger partial charge < -0.3 is 0 Å². The highest BCUT2D eigenvalue weighted by molar-refractivity contribution is 6.05. The van der Waals surface area contributed by atoms with Crippen molar-refractivity contribution in [1.82, 2.24) is 9.91 Å². The molecule has 3 aromatic carbocycles. The molecule has 1 atom stereocenters. The van der Waals surface area contributed by atoms with E-state index in [1.165, 1.54) is 5.39 Å². The van der Waals surface area contributed by atoms with Crippen LogP contribution in [0.2, 0.25) is 0 Å². The second kappa shape index (κ2) is 8.33. The molecular formula is C26H24N4O. The molecule has 1 aliphatic heterocycles. The van der Waals surface area contributed by atoms with Crippen LogP contribution in [0.1, 0.15) is 36.4 Å². The van der Waals surface area contributed by atoms with Crippen LogP contribution in [0.15, 0.2) is 77.9 Å². The van der Waals surface area contributed by atoms with Gasteiger partial charge in [0.2, 0.25) is 0 Å². The zero-order valence-corrected chi connectivity index (χ0v) is 17.3. The summed E-state index contributed by atoms with van der Waals surface area (Å²) in [6.07, 6.45) is 2.79. The monoisotopic (exact) mass is 408 g/mol. The number of nitrogens with zero attached hydrogens (tertiary/aromatic N) is 4. The normalized spacial score (nSPS) is 18.3. The third-order valence-corrected chi connectivity index (χ3v) is 6.11. The standard InChI is InChI=1S/C26H24N4O/c27-14-15-29(23-12-13-23)18-26(31)30-25(20-7-2-1-3-8-20)17-24(28-30)22-11-10-19-6-4-5-9-21(19)16-22/h1-11,16,23,25H,12-13,15,17-18H2. The Morgan fingerprint density at radius 1 is 1.03 bits per heavy atom. The fourth-order valence-electron chi connectivity index (χ4n) is 4.31. The molecule has 0 saturated heterocycles. The lowest BCUT2D eigenvalue weighted by atomic mass is 9.97. The van der Waals surface area contributed by atoms with E-state index in [0.29, 0.717) is 12.5 Å². The molecular weight excluding hydrogens is 384 g/mol. The number of rotatable bonds is 6. The maximum absolute atomic E-state index is 13.3. The van der Waals surface area contributed by atoms with E-state index in [-0.39, 0.29) is 25.0 Å². The van der Waals surface area contributed by atoms with E-state index in [1.54, 1.807) is 5.01 Å². The first-order chi connectivity index (χ1) is 15.2. The predicted molar refractivity (Wildman–Crippen MR) is 121 cm³/mol. The first-order valence-electron chi connectivity index (χ1n) is 10.8. The van der Waals surface area contributed by atoms with Gasteiger partial charge in [-0.1, -0.05) is 66.7 Å². The molecule has 1 aliphatic carbocycles. The van der Waals surface area contributed by atoms with Crippen LogP contribution >= 0.6 is 0 Å². The number of carbonyl (C=O) groups excluding carboxylic acids is 1. The van der Waals surface area contributed by atoms with Crippen LogP contribution in [-0.2, 0) is 4.79 Å². The van der Waals surface area contributed by atoms with Crippen molar-refractivity contribution in [3.63, 3.8) is 0 Å². The van der Waals surface area contributed by atoms with Gasteiger partial charge in [-0.05, 0) is 40.8 Å². The third-order valence-electron chi connectivity index (χ3n) is 6.11. The molecule has 1 saturated carbocycles. The van der Waals surface area contributed by atoms with Gasteiger partial charge in [0.1, 0.15) is 0 Å². The van der Waals surface area contributed by atoms with Gasteiger partial charge in [-0.2, -0.15) is 10.4 Å². The van der Waals surface area contributed by atoms with Gasteiger partial charge in [-0.25, -0.2) is 5.01 Å². The SMILES string of the molecule is N#CCN(CC(=O)N1N=C(c2ccc3ccccc3c2)CC1c1ccccc1)C1CC1. The largest absolute Gasteiger partial charge is 0.278 e. The minimum Gasteiger partial charge on any atom is -0.278 e. The molecule has 5 rings (SSSR count). The minimum absolute atomic E-state index is 0.0493. The first kappa shape index (κ1) is 19.5. The quantitative estimate of drug-likeness (QED) is 0.564. The van der Waals surface area contributed by atoms with Gasteiger partial charge in [-0.15, -0.1) is 0 Å². The second-order valence-corrected chi connectivity index (χ2v) is 8.27. The molecule has 0 aromatic heterocycles. The summed E-state index contributed by atoms with van der Waals surface area (Å²) in [5, 5.41) is 18.0. The van der Waals surface area contributed by atoms with Crippen molar-refractivity contribution < 1.29 is 4.79 Å². The van der Waals surface area contributed by atoms with Crippen molar-refractivity contribution in [3.8, 4) is 6.07 Å². The smallest absolute Gasteiger partial charge is 0.257 e. The van der Waals surface area contributed by atoms with Crippen LogP contribution in [-0.4, -0.2) is 40.7 Å². The van der Waals surface area contributed by atoms with E-state index in [1.807, 2.05) is 35.2 Å². The van der Waals surface area contributed by atoms with Gasteiger partial charge in [0.15, 0.2) is 0 Å². The fraction of sp³-hybridized carbons (Fsp3) is 0.269. The Labute approximate surface area is 182 Å². The van der Waals surface area contributed by atoms with Crippen LogP contribution in [0, 0.1) is 11.3 Å². The summed E-state index contributed by atoms with van der Waals surface area (Å²) in [7, 11) is 0. The highest BCUT2D eigenvalue weighted by atomic mass is 16.2. The maximum atomic E-state index is 13.3. The number of hydrazone groups is 1. The maximum Gasteiger partial charge on any atom is 0.257 e. The molecule has 0 bridgehead atoms. The summed E-state index contributed by atoms with van der Waals surface area (Å²) < 4.78 is 0. The third kappa shape index (κ3) is 4.08. The van der Waals surface area contributed by atoms with Crippen molar-refractivity contribution in [2.75, 3.05) is 13.1 Å². The Morgan fingerprint density at radius 2 is 1.77 bits per heavy atom. The number of carbonyl (C=O) groups is 1. The lowest BCUT2D eigenvalue weighted by Crippen LogP contribution is -2.39. The summed E-state index contributed by atoms with van der Waals surface area (Å²) in [5.74, 6) is -0.0493. The summed E-state index contributed by atoms with van der Waals surface area (Å²) in [5.41, 5.74) is 3.05. The van der Waals surface area contributed by atoms with Crippen molar-refractivity contribution in [3.05, 3.63) is 83.9 Å². The molecule has 3 aromatic rings. The topological polar surface area (TPSA) is 59.7 Å². The summed E-state index contributed by atoms with van der Waals surface area (Å²) >= 11 is 0. The van der Waals surface area contributed by atoms with Crippen LogP contribution in [0.25, 0.3) is 10.8 Å². The molecule has 0 radical (unpaired) electrons. The Balaban J connectivity index is 1.46. The molecule has 1 fully saturated rings. The van der Waals surface area contributed by atoms with Gasteiger partial charge in [0, 0.05) is 12.5 Å². The Hall–Kier alpha value is -3.49. The number of hydrogen-bond acceptors (Lipinski definition) is 4. The van der Waals surface area contributed by atoms with Crippen molar-refractivity contribution in [1.29, 1.82) is 5.26 Å². The second-order valence-electron chi connectivity index (χ2n) is 8.27. The van der Waals surface area contributed by atoms with Crippen molar-refractivity contribution >= 4 is 22.4 Å². The van der Waals surface area contributed by atoms with Crippen LogP contribution in [0.5, 0.6) is 0 Å². The van der Waals surface area contributed by atoms with Crippen molar-refractivity contribution in [2.24, 2.45) is 5.10 Å². The number of benzene rings is 3. The average Bonchev–Trinajstić information content (AvgIpc) is 3.56. The predicted octanol–water partition coefficient (Wildman–Crippen LogP) is 4.51. The summed E-state index contributed by atoms with van der Waals surface area (Å²) in [6.45, 7) is 0.511. The molecule has 0 spiro atoms. The van der Waals surface area contributed by atoms with E-state index in [9.17, 15) is 4.79 Å². The van der Waals surface area contributed by atoms with Crippen LogP contribution in [0.3, 0.4) is 0 Å². The van der Waals surface area contributed by atoms with E-state index in [0.717, 1.165) is 35.1 Å². The van der Waals surface area contributed by atoms with E-state index in [2.05, 4.69) is 48.5 Å². The van der Waals surface area contributed by atoms with Crippen LogP contribution in [0.4, 0.5) is 0 Å². The van der Waals surface area contributed by atoms with Gasteiger partial charge in [0.25, 0.3) is 5.91 Å². The highest BCUT2D eigenvalue weighted by Gasteiger charge is 2.36. The molecule has 31 heavy (non-hydrogen) atoms. The molecule has 1 amide bonds. The number of amides is 1. The highest BCUT2D eigenvalue weighted by Crippen LogP contribution is 2.34. The Kier molecular flexibility index (Phi) is 5.23. The molecule has 1 heterocycles. The lowest BCUT2D eigenvalue weighted by Gasteiger charge is -2.25. The Morgan fingerprint density at radius 3 is 2.52 bits per heavy atom. The van der Waals surface area contributed by atoms with Gasteiger partial charge in [0.05, 0.1) is 30.9 Å². The van der Waals surface area contributed by atoms with Gasteiger partial charge >= 0.3 is 0 Å². The zero-order valence-electron chi connectivity index (χ0n) is 17.3. The fourth-order valence-corrected chi connectivity index (χ4v) is 4.31.